The number of hydrogen-bond acceptors (Lipinski definition) is 10. The van der Waals surface area contributed by atoms with Crippen molar-refractivity contribution in [1.82, 2.24) is 19.9 Å². The number of halogens is 12. The first-order chi connectivity index (χ1) is 37.6. The topological polar surface area (TPSA) is 166 Å². The first-order valence-corrected chi connectivity index (χ1v) is 32.2. The second-order valence-electron chi connectivity index (χ2n) is 16.2. The molecule has 1 fully saturated rings. The van der Waals surface area contributed by atoms with Gasteiger partial charge in [-0.3, -0.25) is 19.9 Å². The van der Waals surface area contributed by atoms with Gasteiger partial charge in [0.05, 0.1) is 27.4 Å². The van der Waals surface area contributed by atoms with Crippen molar-refractivity contribution in [2.45, 2.75) is 62.4 Å². The third kappa shape index (κ3) is 21.7. The van der Waals surface area contributed by atoms with Crippen molar-refractivity contribution in [2.24, 2.45) is 0 Å². The molecule has 0 spiro atoms. The Kier molecular flexibility index (Phi) is 33.5. The molecule has 0 atom stereocenters. The van der Waals surface area contributed by atoms with Crippen LogP contribution in [0.2, 0.25) is 0 Å². The fourth-order valence-corrected chi connectivity index (χ4v) is 14.8. The number of alkyl halides is 12. The summed E-state index contributed by atoms with van der Waals surface area (Å²) < 4.78 is 118. The Bertz CT molecular complexity index is 3090. The first-order valence-electron chi connectivity index (χ1n) is 23.4. The predicted octanol–water partition coefficient (Wildman–Crippen LogP) is 16.8. The molecular weight excluding hydrogens is 1370 g/mol. The molecule has 10 nitrogen and oxygen atoms in total. The molecule has 0 bridgehead atoms. The molecule has 3 aliphatic rings. The van der Waals surface area contributed by atoms with Crippen molar-refractivity contribution in [3.63, 3.8) is 0 Å². The summed E-state index contributed by atoms with van der Waals surface area (Å²) in [5.74, 6) is 0. The summed E-state index contributed by atoms with van der Waals surface area (Å²) in [6, 6.07) is 47.1. The van der Waals surface area contributed by atoms with Crippen molar-refractivity contribution in [3.05, 3.63) is 192 Å². The number of pyridine rings is 4. The van der Waals surface area contributed by atoms with Crippen LogP contribution in [0.3, 0.4) is 0 Å². The summed E-state index contributed by atoms with van der Waals surface area (Å²) in [4.78, 5) is 19.1. The maximum absolute atomic E-state index is 10.7. The van der Waals surface area contributed by atoms with Crippen LogP contribution in [0.5, 0.6) is 0 Å². The van der Waals surface area contributed by atoms with Gasteiger partial charge in [0.15, 0.2) is 20.2 Å². The number of aromatic nitrogens is 4. The van der Waals surface area contributed by atoms with Gasteiger partial charge in [0, 0.05) is 46.5 Å². The van der Waals surface area contributed by atoms with Crippen LogP contribution in [0.15, 0.2) is 169 Å². The fraction of sp³-hybridized carbons (Fsp3) is 0.245. The van der Waals surface area contributed by atoms with Crippen molar-refractivity contribution in [3.8, 4) is 27.3 Å². The molecule has 0 saturated heterocycles. The number of nitrogens with zero attached hydrogens (tertiary/aromatic N) is 4. The van der Waals surface area contributed by atoms with Gasteiger partial charge >= 0.3 is 45.2 Å². The summed E-state index contributed by atoms with van der Waals surface area (Å²) in [5.41, 5.74) is -0.547. The number of rotatable bonds is 6. The second kappa shape index (κ2) is 36.7. The van der Waals surface area contributed by atoms with E-state index in [1.54, 1.807) is 11.1 Å². The summed E-state index contributed by atoms with van der Waals surface area (Å²) in [7, 11) is -13.9. The molecule has 0 unspecified atom stereocenters. The van der Waals surface area contributed by atoms with Crippen molar-refractivity contribution < 1.29 is 86.4 Å². The largest absolute Gasteiger partial charge is 1.00 e. The normalized spacial score (nSPS) is 13.7. The molecule has 6 heterocycles. The van der Waals surface area contributed by atoms with Gasteiger partial charge in [0.25, 0.3) is 0 Å². The van der Waals surface area contributed by atoms with Crippen molar-refractivity contribution in [2.75, 3.05) is 16.0 Å². The number of benzene rings is 2. The van der Waals surface area contributed by atoms with Gasteiger partial charge in [-0.05, 0) is 128 Å². The second-order valence-corrected chi connectivity index (χ2v) is 25.7. The molecule has 5 aromatic heterocycles. The Morgan fingerprint density at radius 1 is 0.444 bits per heavy atom. The predicted molar refractivity (Wildman–Crippen MR) is 310 cm³/mol. The molecule has 0 amide bonds. The summed E-state index contributed by atoms with van der Waals surface area (Å²) in [5, 5.41) is 9.28. The minimum absolute atomic E-state index is 0. The number of fused-ring (bicyclic) bond motifs is 2. The van der Waals surface area contributed by atoms with E-state index < -0.39 is 46.7 Å². The summed E-state index contributed by atoms with van der Waals surface area (Å²) in [6.07, 6.45) is 17.4. The van der Waals surface area contributed by atoms with Crippen LogP contribution < -0.4 is 5.30 Å². The summed E-state index contributed by atoms with van der Waals surface area (Å²) in [6.45, 7) is 0. The molecule has 2 aromatic carbocycles. The Balaban J connectivity index is 0.000000387. The number of hydrogen-bond donors (Lipinski definition) is 0. The average Bonchev–Trinajstić information content (AvgIpc) is 4.02. The van der Waals surface area contributed by atoms with E-state index in [0.29, 0.717) is 0 Å². The smallest absolute Gasteiger partial charge is 0.741 e. The Morgan fingerprint density at radius 3 is 1.00 bits per heavy atom. The zero-order chi connectivity index (χ0) is 58.2. The average molecular weight is 1420 g/mol. The molecule has 2 aliphatic carbocycles. The van der Waals surface area contributed by atoms with E-state index in [4.69, 9.17) is 115 Å². The summed E-state index contributed by atoms with van der Waals surface area (Å²) >= 11 is 28.6. The zero-order valence-corrected chi connectivity index (χ0v) is 51.9. The van der Waals surface area contributed by atoms with Crippen LogP contribution in [0.4, 0.5) is 26.3 Å². The molecule has 10 rings (SSSR count). The third-order valence-corrected chi connectivity index (χ3v) is 18.2. The van der Waals surface area contributed by atoms with Gasteiger partial charge in [-0.1, -0.05) is 80.3 Å². The molecule has 444 valence electrons. The van der Waals surface area contributed by atoms with Gasteiger partial charge in [0.1, 0.15) is 35.2 Å². The minimum atomic E-state index is -6.09. The van der Waals surface area contributed by atoms with Crippen LogP contribution in [-0.2, 0) is 67.2 Å². The van der Waals surface area contributed by atoms with Gasteiger partial charge in [0.2, 0.25) is 0 Å². The zero-order valence-electron chi connectivity index (χ0n) is 41.9. The molecule has 7 aromatic rings. The molecule has 0 N–H and O–H groups in total. The van der Waals surface area contributed by atoms with Gasteiger partial charge in [-0.25, -0.2) is 16.8 Å². The maximum Gasteiger partial charge on any atom is 1.00 e. The maximum atomic E-state index is 10.7. The molecule has 28 heteroatoms. The molecule has 1 saturated carbocycles. The minimum Gasteiger partial charge on any atom is -0.741 e. The molecule has 1 aliphatic heterocycles. The van der Waals surface area contributed by atoms with Crippen LogP contribution in [0.1, 0.15) is 61.0 Å². The van der Waals surface area contributed by atoms with Crippen LogP contribution >= 0.6 is 85.1 Å². The Hall–Kier alpha value is -3.09. The van der Waals surface area contributed by atoms with Gasteiger partial charge < -0.3 is 9.11 Å². The van der Waals surface area contributed by atoms with E-state index in [2.05, 4.69) is 109 Å². The van der Waals surface area contributed by atoms with Gasteiger partial charge in [-0.15, -0.1) is 69.6 Å². The molecule has 81 heavy (non-hydrogen) atoms. The molecule has 0 radical (unpaired) electrons. The standard InChI is InChI=1S/2C24H21N2P.3CH2Cl2.2CHF3O3S.2Cu/c2*1-2-10-18(11-3-1)27-23(21-14-6-8-16-25-21)19-12-4-5-13-20(19)24(27)22-15-7-9-17-26-22;3*2-1-3;2*2-1(3,4)8(5,6)7;;/h2*1-3,6-11,14-17H,4-5,12-13H2;3*1H2;2*(H,5,6,7);;/q;;;;;;;2*+1/p-1. The van der Waals surface area contributed by atoms with Crippen LogP contribution in [-0.4, -0.2) is 72.9 Å². The van der Waals surface area contributed by atoms with E-state index in [1.165, 1.54) is 81.5 Å². The van der Waals surface area contributed by atoms with Gasteiger partial charge in [-0.2, -0.15) is 26.3 Å². The van der Waals surface area contributed by atoms with E-state index in [-0.39, 0.29) is 50.2 Å². The Morgan fingerprint density at radius 2 is 0.716 bits per heavy atom. The molecular formula is C53H49Cl6Cu2F6N4O6P2S2+. The fourth-order valence-electron chi connectivity index (χ4n) is 8.55. The third-order valence-electron chi connectivity index (χ3n) is 11.4. The van der Waals surface area contributed by atoms with E-state index in [1.807, 2.05) is 49.1 Å². The van der Waals surface area contributed by atoms with E-state index in [9.17, 15) is 26.3 Å². The van der Waals surface area contributed by atoms with Crippen molar-refractivity contribution >= 4 is 121 Å². The Labute approximate surface area is 520 Å². The van der Waals surface area contributed by atoms with Crippen LogP contribution in [0, 0.1) is 0 Å². The van der Waals surface area contributed by atoms with E-state index >= 15 is 0 Å². The van der Waals surface area contributed by atoms with Crippen LogP contribution in [0.25, 0.3) is 37.9 Å². The van der Waals surface area contributed by atoms with Crippen molar-refractivity contribution in [1.29, 1.82) is 0 Å². The quantitative estimate of drug-likeness (QED) is 0.0390. The van der Waals surface area contributed by atoms with E-state index in [0.717, 1.165) is 35.6 Å². The first kappa shape index (κ1) is 74.0. The monoisotopic (exact) mass is 1410 g/mol. The SMILES string of the molecule is ClCCl.ClCCl.ClCCl.O=S(=O)([O-])C(F)(F)F.O=S(=O)([O-])C(F)(F)F.[Cu+].[Cu+].c1ccc(-p2c(-c3ccccn3)c3c(c2-c2ccccn2)CCCC3)cc1.c1ccc([PH+]2C(c3ccccn3)=C3CCCCC3=C2c2ccccn2)cc1. The number of allylic oxidation sites excluding steroid dienone is 2.